The molecule has 100 valence electrons. The van der Waals surface area contributed by atoms with Gasteiger partial charge in [0, 0.05) is 6.54 Å². The summed E-state index contributed by atoms with van der Waals surface area (Å²) >= 11 is 0. The van der Waals surface area contributed by atoms with Crippen molar-refractivity contribution < 1.29 is 4.79 Å². The molecule has 1 saturated carbocycles. The summed E-state index contributed by atoms with van der Waals surface area (Å²) in [6, 6.07) is 0. The van der Waals surface area contributed by atoms with Crippen molar-refractivity contribution in [3.63, 3.8) is 0 Å². The third-order valence-electron chi connectivity index (χ3n) is 3.90. The summed E-state index contributed by atoms with van der Waals surface area (Å²) in [6.45, 7) is 4.89. The summed E-state index contributed by atoms with van der Waals surface area (Å²) in [5.41, 5.74) is 5.64. The Kier molecular flexibility index (Phi) is 3.80. The predicted octanol–water partition coefficient (Wildman–Crippen LogP) is 1.32. The van der Waals surface area contributed by atoms with Crippen LogP contribution in [0, 0.1) is 5.92 Å². The first-order chi connectivity index (χ1) is 8.55. The minimum Gasteiger partial charge on any atom is -0.319 e. The highest BCUT2D eigenvalue weighted by atomic mass is 16.1. The molecule has 2 N–H and O–H groups in total. The fourth-order valence-corrected chi connectivity index (χ4v) is 2.85. The van der Waals surface area contributed by atoms with Crippen LogP contribution < -0.4 is 5.73 Å². The summed E-state index contributed by atoms with van der Waals surface area (Å²) in [4.78, 5) is 16.5. The van der Waals surface area contributed by atoms with Gasteiger partial charge in [0.15, 0.2) is 5.78 Å². The molecule has 2 rings (SSSR count). The quantitative estimate of drug-likeness (QED) is 0.874. The van der Waals surface area contributed by atoms with Gasteiger partial charge in [-0.3, -0.25) is 4.79 Å². The highest BCUT2D eigenvalue weighted by Crippen LogP contribution is 2.31. The number of ketones is 1. The number of rotatable bonds is 4. The van der Waals surface area contributed by atoms with Gasteiger partial charge in [0.25, 0.3) is 0 Å². The molecule has 0 bridgehead atoms. The second-order valence-electron chi connectivity index (χ2n) is 5.45. The summed E-state index contributed by atoms with van der Waals surface area (Å²) in [7, 11) is 0. The van der Waals surface area contributed by atoms with Crippen LogP contribution in [0.3, 0.4) is 0 Å². The third-order valence-corrected chi connectivity index (χ3v) is 3.90. The topological polar surface area (TPSA) is 73.8 Å². The molecule has 0 amide bonds. The van der Waals surface area contributed by atoms with Gasteiger partial charge in [-0.2, -0.15) is 5.10 Å². The van der Waals surface area contributed by atoms with Crippen LogP contribution >= 0.6 is 0 Å². The van der Waals surface area contributed by atoms with E-state index in [1.807, 2.05) is 6.92 Å². The molecular weight excluding hydrogens is 228 g/mol. The standard InChI is InChI=1S/C13H22N4O/c1-3-17-12(15-9-16-17)7-11(18)13(14)6-4-5-10(2)8-13/h9-10H,3-8,14H2,1-2H3. The van der Waals surface area contributed by atoms with E-state index in [4.69, 9.17) is 5.73 Å². The van der Waals surface area contributed by atoms with Crippen LogP contribution in [0.25, 0.3) is 0 Å². The fourth-order valence-electron chi connectivity index (χ4n) is 2.85. The monoisotopic (exact) mass is 250 g/mol. The average Bonchev–Trinajstić information content (AvgIpc) is 2.76. The smallest absolute Gasteiger partial charge is 0.160 e. The number of carbonyl (C=O) groups excluding carboxylic acids is 1. The van der Waals surface area contributed by atoms with Crippen LogP contribution in [-0.4, -0.2) is 26.1 Å². The Morgan fingerprint density at radius 2 is 2.44 bits per heavy atom. The van der Waals surface area contributed by atoms with Gasteiger partial charge in [-0.1, -0.05) is 19.8 Å². The first kappa shape index (κ1) is 13.2. The third kappa shape index (κ3) is 2.61. The van der Waals surface area contributed by atoms with Gasteiger partial charge in [0.1, 0.15) is 12.2 Å². The molecule has 1 aromatic heterocycles. The van der Waals surface area contributed by atoms with Gasteiger partial charge < -0.3 is 5.73 Å². The zero-order valence-corrected chi connectivity index (χ0v) is 11.2. The Bertz CT molecular complexity index is 428. The first-order valence-electron chi connectivity index (χ1n) is 6.74. The van der Waals surface area contributed by atoms with E-state index in [-0.39, 0.29) is 5.78 Å². The lowest BCUT2D eigenvalue weighted by Crippen LogP contribution is -2.51. The van der Waals surface area contributed by atoms with Crippen LogP contribution in [-0.2, 0) is 17.8 Å². The molecule has 1 aliphatic rings. The number of aromatic nitrogens is 3. The molecule has 1 fully saturated rings. The van der Waals surface area contributed by atoms with E-state index < -0.39 is 5.54 Å². The maximum atomic E-state index is 12.4. The number of nitrogens with zero attached hydrogens (tertiary/aromatic N) is 3. The van der Waals surface area contributed by atoms with Gasteiger partial charge in [0.2, 0.25) is 0 Å². The van der Waals surface area contributed by atoms with Gasteiger partial charge in [-0.15, -0.1) is 0 Å². The predicted molar refractivity (Wildman–Crippen MR) is 69.0 cm³/mol. The van der Waals surface area contributed by atoms with Crippen molar-refractivity contribution in [3.05, 3.63) is 12.2 Å². The van der Waals surface area contributed by atoms with Crippen molar-refractivity contribution in [3.8, 4) is 0 Å². The van der Waals surface area contributed by atoms with E-state index in [0.717, 1.165) is 31.6 Å². The minimum atomic E-state index is -0.651. The van der Waals surface area contributed by atoms with E-state index >= 15 is 0 Å². The van der Waals surface area contributed by atoms with Crippen LogP contribution in [0.2, 0.25) is 0 Å². The molecule has 1 aliphatic carbocycles. The Balaban J connectivity index is 2.07. The summed E-state index contributed by atoms with van der Waals surface area (Å²) < 4.78 is 1.76. The molecular formula is C13H22N4O. The lowest BCUT2D eigenvalue weighted by molar-refractivity contribution is -0.125. The largest absolute Gasteiger partial charge is 0.319 e. The molecule has 5 heteroatoms. The maximum absolute atomic E-state index is 12.4. The second kappa shape index (κ2) is 5.18. The van der Waals surface area contributed by atoms with Crippen molar-refractivity contribution in [1.82, 2.24) is 14.8 Å². The van der Waals surface area contributed by atoms with Crippen molar-refractivity contribution in [2.24, 2.45) is 11.7 Å². The average molecular weight is 250 g/mol. The van der Waals surface area contributed by atoms with Crippen molar-refractivity contribution in [2.45, 2.75) is 58.0 Å². The first-order valence-corrected chi connectivity index (χ1v) is 6.74. The highest BCUT2D eigenvalue weighted by Gasteiger charge is 2.37. The van der Waals surface area contributed by atoms with E-state index in [9.17, 15) is 4.79 Å². The van der Waals surface area contributed by atoms with Crippen LogP contribution in [0.15, 0.2) is 6.33 Å². The Labute approximate surface area is 108 Å². The normalized spacial score (nSPS) is 28.3. The fraction of sp³-hybridized carbons (Fsp3) is 0.769. The van der Waals surface area contributed by atoms with Gasteiger partial charge in [-0.05, 0) is 25.7 Å². The van der Waals surface area contributed by atoms with Gasteiger partial charge in [0.05, 0.1) is 12.0 Å². The molecule has 18 heavy (non-hydrogen) atoms. The van der Waals surface area contributed by atoms with Crippen molar-refractivity contribution >= 4 is 5.78 Å². The number of aryl methyl sites for hydroxylation is 1. The van der Waals surface area contributed by atoms with Crippen LogP contribution in [0.5, 0.6) is 0 Å². The molecule has 1 heterocycles. The molecule has 1 aromatic rings. The SMILES string of the molecule is CCn1ncnc1CC(=O)C1(N)CCCC(C)C1. The molecule has 5 nitrogen and oxygen atoms in total. The van der Waals surface area contributed by atoms with E-state index in [2.05, 4.69) is 17.0 Å². The molecule has 0 aliphatic heterocycles. The summed E-state index contributed by atoms with van der Waals surface area (Å²) in [5.74, 6) is 1.37. The lowest BCUT2D eigenvalue weighted by atomic mass is 9.74. The maximum Gasteiger partial charge on any atom is 0.160 e. The Hall–Kier alpha value is -1.23. The van der Waals surface area contributed by atoms with Gasteiger partial charge >= 0.3 is 0 Å². The van der Waals surface area contributed by atoms with Crippen LogP contribution in [0.4, 0.5) is 0 Å². The van der Waals surface area contributed by atoms with Crippen molar-refractivity contribution in [2.75, 3.05) is 0 Å². The number of Topliss-reactive ketones (excluding diaryl/α,β-unsaturated/α-hetero) is 1. The molecule has 0 radical (unpaired) electrons. The zero-order chi connectivity index (χ0) is 13.2. The summed E-state index contributed by atoms with van der Waals surface area (Å²) in [5, 5.41) is 4.08. The summed E-state index contributed by atoms with van der Waals surface area (Å²) in [6.07, 6.45) is 5.62. The number of hydrogen-bond donors (Lipinski definition) is 1. The molecule has 2 unspecified atom stereocenters. The second-order valence-corrected chi connectivity index (χ2v) is 5.45. The van der Waals surface area contributed by atoms with Crippen molar-refractivity contribution in [1.29, 1.82) is 0 Å². The molecule has 2 atom stereocenters. The Morgan fingerprint density at radius 3 is 3.11 bits per heavy atom. The zero-order valence-electron chi connectivity index (χ0n) is 11.2. The minimum absolute atomic E-state index is 0.108. The van der Waals surface area contributed by atoms with Gasteiger partial charge in [-0.25, -0.2) is 9.67 Å². The molecule has 0 saturated heterocycles. The lowest BCUT2D eigenvalue weighted by Gasteiger charge is -2.35. The number of nitrogens with two attached hydrogens (primary N) is 1. The van der Waals surface area contributed by atoms with Crippen LogP contribution in [0.1, 0.15) is 45.4 Å². The van der Waals surface area contributed by atoms with E-state index in [1.165, 1.54) is 12.7 Å². The number of carbonyl (C=O) groups is 1. The Morgan fingerprint density at radius 1 is 1.67 bits per heavy atom. The molecule has 0 spiro atoms. The van der Waals surface area contributed by atoms with E-state index in [0.29, 0.717) is 12.3 Å². The molecule has 0 aromatic carbocycles. The highest BCUT2D eigenvalue weighted by molar-refractivity contribution is 5.89. The number of hydrogen-bond acceptors (Lipinski definition) is 4. The van der Waals surface area contributed by atoms with E-state index in [1.54, 1.807) is 4.68 Å².